The van der Waals surface area contributed by atoms with Crippen LogP contribution in [0.25, 0.3) is 0 Å². The zero-order valence-electron chi connectivity index (χ0n) is 15.5. The number of benzene rings is 1. The number of hydrogen-bond acceptors (Lipinski definition) is 3. The van der Waals surface area contributed by atoms with Crippen molar-refractivity contribution in [3.05, 3.63) is 52.7 Å². The number of nitrogens with one attached hydrogen (secondary N) is 2. The molecule has 0 aliphatic carbocycles. The van der Waals surface area contributed by atoms with Crippen LogP contribution in [0.15, 0.2) is 52.8 Å². The van der Waals surface area contributed by atoms with Crippen molar-refractivity contribution in [3.8, 4) is 0 Å². The number of hydrogen-bond donors (Lipinski definition) is 2. The Hall–Kier alpha value is -1.28. The maximum absolute atomic E-state index is 4.36. The van der Waals surface area contributed by atoms with Crippen LogP contribution in [0, 0.1) is 5.92 Å². The number of anilines is 1. The van der Waals surface area contributed by atoms with Crippen molar-refractivity contribution < 1.29 is 0 Å². The fourth-order valence-electron chi connectivity index (χ4n) is 3.26. The number of nitrogens with zero attached hydrogens (tertiary/aromatic N) is 2. The van der Waals surface area contributed by atoms with Gasteiger partial charge in [-0.05, 0) is 35.9 Å². The minimum Gasteiger partial charge on any atom is -0.371 e. The van der Waals surface area contributed by atoms with E-state index in [9.17, 15) is 0 Å². The van der Waals surface area contributed by atoms with E-state index in [2.05, 4.69) is 75.3 Å². The normalized spacial score (nSPS) is 18.3. The third-order valence-corrected chi connectivity index (χ3v) is 5.90. The molecular weight excluding hydrogens is 455 g/mol. The maximum atomic E-state index is 4.36. The van der Waals surface area contributed by atoms with E-state index in [-0.39, 0.29) is 24.0 Å². The first-order chi connectivity index (χ1) is 12.3. The number of para-hydroxylation sites is 1. The molecule has 6 heteroatoms. The summed E-state index contributed by atoms with van der Waals surface area (Å²) < 4.78 is 0. The Morgan fingerprint density at radius 1 is 1.23 bits per heavy atom. The van der Waals surface area contributed by atoms with E-state index in [0.717, 1.165) is 32.1 Å². The summed E-state index contributed by atoms with van der Waals surface area (Å²) in [7, 11) is 1.84. The number of halogens is 1. The van der Waals surface area contributed by atoms with Crippen LogP contribution in [0.2, 0.25) is 0 Å². The van der Waals surface area contributed by atoms with Gasteiger partial charge < -0.3 is 15.5 Å². The molecule has 1 aliphatic heterocycles. The van der Waals surface area contributed by atoms with E-state index < -0.39 is 0 Å². The van der Waals surface area contributed by atoms with Gasteiger partial charge in [-0.2, -0.15) is 0 Å². The molecule has 2 aromatic rings. The lowest BCUT2D eigenvalue weighted by atomic mass is 10.1. The molecule has 0 spiro atoms. The molecule has 0 radical (unpaired) electrons. The highest BCUT2D eigenvalue weighted by molar-refractivity contribution is 14.0. The number of thiophene rings is 1. The lowest BCUT2D eigenvalue weighted by Crippen LogP contribution is -2.41. The molecule has 1 fully saturated rings. The Balaban J connectivity index is 0.00000243. The van der Waals surface area contributed by atoms with Crippen LogP contribution in [0.3, 0.4) is 0 Å². The SMILES string of the molecule is CN=C(NCC1CCN(c2ccccc2)C1)NCC(C)c1cccs1.I. The summed E-state index contributed by atoms with van der Waals surface area (Å²) in [6.07, 6.45) is 1.23. The summed E-state index contributed by atoms with van der Waals surface area (Å²) in [6, 6.07) is 15.0. The summed E-state index contributed by atoms with van der Waals surface area (Å²) in [4.78, 5) is 8.25. The van der Waals surface area contributed by atoms with Gasteiger partial charge in [-0.3, -0.25) is 4.99 Å². The van der Waals surface area contributed by atoms with Crippen molar-refractivity contribution in [1.29, 1.82) is 0 Å². The van der Waals surface area contributed by atoms with E-state index in [1.54, 1.807) is 0 Å². The van der Waals surface area contributed by atoms with Crippen LogP contribution in [-0.4, -0.2) is 39.2 Å². The Labute approximate surface area is 178 Å². The van der Waals surface area contributed by atoms with Crippen molar-refractivity contribution in [1.82, 2.24) is 10.6 Å². The first kappa shape index (κ1) is 21.0. The van der Waals surface area contributed by atoms with E-state index in [1.807, 2.05) is 18.4 Å². The van der Waals surface area contributed by atoms with Crippen LogP contribution < -0.4 is 15.5 Å². The van der Waals surface area contributed by atoms with Gasteiger partial charge in [-0.25, -0.2) is 0 Å². The fraction of sp³-hybridized carbons (Fsp3) is 0.450. The molecule has 0 saturated carbocycles. The summed E-state index contributed by atoms with van der Waals surface area (Å²) in [5.41, 5.74) is 1.33. The van der Waals surface area contributed by atoms with Crippen LogP contribution in [0.4, 0.5) is 5.69 Å². The molecule has 1 aromatic carbocycles. The topological polar surface area (TPSA) is 39.7 Å². The first-order valence-corrected chi connectivity index (χ1v) is 9.92. The smallest absolute Gasteiger partial charge is 0.191 e. The minimum atomic E-state index is 0. The Morgan fingerprint density at radius 2 is 2.04 bits per heavy atom. The molecule has 2 atom stereocenters. The van der Waals surface area contributed by atoms with Gasteiger partial charge in [-0.15, -0.1) is 35.3 Å². The molecule has 142 valence electrons. The molecule has 0 amide bonds. The molecule has 2 heterocycles. The summed E-state index contributed by atoms with van der Waals surface area (Å²) in [5, 5.41) is 9.09. The van der Waals surface area contributed by atoms with Gasteiger partial charge in [-0.1, -0.05) is 31.2 Å². The molecular formula is C20H29IN4S. The Kier molecular flexibility index (Phi) is 8.71. The molecule has 1 saturated heterocycles. The summed E-state index contributed by atoms with van der Waals surface area (Å²) >= 11 is 1.82. The van der Waals surface area contributed by atoms with E-state index >= 15 is 0 Å². The van der Waals surface area contributed by atoms with Crippen LogP contribution in [0.1, 0.15) is 24.1 Å². The van der Waals surface area contributed by atoms with E-state index in [1.165, 1.54) is 17.0 Å². The second-order valence-corrected chi connectivity index (χ2v) is 7.67. The average molecular weight is 484 g/mol. The molecule has 4 nitrogen and oxygen atoms in total. The molecule has 26 heavy (non-hydrogen) atoms. The zero-order chi connectivity index (χ0) is 17.5. The predicted molar refractivity (Wildman–Crippen MR) is 124 cm³/mol. The lowest BCUT2D eigenvalue weighted by Gasteiger charge is -2.20. The largest absolute Gasteiger partial charge is 0.371 e. The predicted octanol–water partition coefficient (Wildman–Crippen LogP) is 4.16. The molecule has 1 aliphatic rings. The van der Waals surface area contributed by atoms with Crippen molar-refractivity contribution in [3.63, 3.8) is 0 Å². The number of aliphatic imine (C=N–C) groups is 1. The third kappa shape index (κ3) is 5.87. The van der Waals surface area contributed by atoms with Crippen molar-refractivity contribution in [2.45, 2.75) is 19.3 Å². The number of guanidine groups is 1. The second kappa shape index (κ2) is 10.8. The second-order valence-electron chi connectivity index (χ2n) is 6.69. The zero-order valence-corrected chi connectivity index (χ0v) is 18.7. The van der Waals surface area contributed by atoms with Crippen molar-refractivity contribution in [2.24, 2.45) is 10.9 Å². The van der Waals surface area contributed by atoms with Crippen LogP contribution in [0.5, 0.6) is 0 Å². The van der Waals surface area contributed by atoms with Crippen molar-refractivity contribution >= 4 is 47.0 Å². The van der Waals surface area contributed by atoms with Gasteiger partial charge in [0.15, 0.2) is 5.96 Å². The molecule has 0 bridgehead atoms. The highest BCUT2D eigenvalue weighted by Crippen LogP contribution is 2.23. The van der Waals surface area contributed by atoms with Gasteiger partial charge in [0.05, 0.1) is 0 Å². The Morgan fingerprint density at radius 3 is 2.73 bits per heavy atom. The highest BCUT2D eigenvalue weighted by Gasteiger charge is 2.22. The van der Waals surface area contributed by atoms with Crippen molar-refractivity contribution in [2.75, 3.05) is 38.1 Å². The molecule has 2 unspecified atom stereocenters. The quantitative estimate of drug-likeness (QED) is 0.368. The van der Waals surface area contributed by atoms with E-state index in [0.29, 0.717) is 11.8 Å². The summed E-state index contributed by atoms with van der Waals surface area (Å²) in [5.74, 6) is 2.06. The highest BCUT2D eigenvalue weighted by atomic mass is 127. The first-order valence-electron chi connectivity index (χ1n) is 9.04. The standard InChI is InChI=1S/C20H28N4S.HI/c1-16(19-9-6-12-25-19)13-22-20(21-2)23-14-17-10-11-24(15-17)18-7-4-3-5-8-18;/h3-9,12,16-17H,10-11,13-15H2,1-2H3,(H2,21,22,23);1H. The van der Waals surface area contributed by atoms with E-state index in [4.69, 9.17) is 0 Å². The Bertz CT molecular complexity index is 660. The summed E-state index contributed by atoms with van der Waals surface area (Å²) in [6.45, 7) is 6.37. The number of rotatable bonds is 6. The lowest BCUT2D eigenvalue weighted by molar-refractivity contribution is 0.564. The molecule has 2 N–H and O–H groups in total. The third-order valence-electron chi connectivity index (χ3n) is 4.79. The monoisotopic (exact) mass is 484 g/mol. The van der Waals surface area contributed by atoms with Gasteiger partial charge >= 0.3 is 0 Å². The van der Waals surface area contributed by atoms with Gasteiger partial charge in [0.2, 0.25) is 0 Å². The maximum Gasteiger partial charge on any atom is 0.191 e. The van der Waals surface area contributed by atoms with Crippen LogP contribution in [-0.2, 0) is 0 Å². The molecule has 1 aromatic heterocycles. The van der Waals surface area contributed by atoms with Gasteiger partial charge in [0.1, 0.15) is 0 Å². The molecule has 3 rings (SSSR count). The minimum absolute atomic E-state index is 0. The van der Waals surface area contributed by atoms with Crippen LogP contribution >= 0.6 is 35.3 Å². The fourth-order valence-corrected chi connectivity index (χ4v) is 4.04. The van der Waals surface area contributed by atoms with Gasteiger partial charge in [0, 0.05) is 49.7 Å². The van der Waals surface area contributed by atoms with Gasteiger partial charge in [0.25, 0.3) is 0 Å². The average Bonchev–Trinajstić information content (AvgIpc) is 3.34.